The summed E-state index contributed by atoms with van der Waals surface area (Å²) < 4.78 is 5.76. The van der Waals surface area contributed by atoms with Gasteiger partial charge in [-0.3, -0.25) is 4.79 Å². The maximum Gasteiger partial charge on any atom is 0.257 e. The highest BCUT2D eigenvalue weighted by molar-refractivity contribution is 9.10. The number of carbonyl (C=O) groups excluding carboxylic acids is 1. The van der Waals surface area contributed by atoms with Crippen molar-refractivity contribution in [2.45, 2.75) is 0 Å². The van der Waals surface area contributed by atoms with Crippen LogP contribution in [0.4, 0.5) is 5.69 Å². The summed E-state index contributed by atoms with van der Waals surface area (Å²) in [4.78, 5) is 16.0. The second-order valence-electron chi connectivity index (χ2n) is 3.67. The van der Waals surface area contributed by atoms with Crippen molar-refractivity contribution in [1.29, 1.82) is 0 Å². The van der Waals surface area contributed by atoms with Gasteiger partial charge in [0.2, 0.25) is 0 Å². The summed E-state index contributed by atoms with van der Waals surface area (Å²) >= 11 is 9.13. The van der Waals surface area contributed by atoms with Crippen LogP contribution in [0.15, 0.2) is 41.1 Å². The number of ether oxygens (including phenoxy) is 1. The molecule has 2 rings (SSSR count). The molecular weight excluding hydrogens is 332 g/mol. The Morgan fingerprint density at radius 2 is 2.16 bits per heavy atom. The van der Waals surface area contributed by atoms with Crippen molar-refractivity contribution in [3.8, 4) is 5.75 Å². The minimum Gasteiger partial charge on any atom is -0.495 e. The Labute approximate surface area is 123 Å². The van der Waals surface area contributed by atoms with Gasteiger partial charge < -0.3 is 10.1 Å². The average Bonchev–Trinajstić information content (AvgIpc) is 2.41. The number of halogens is 2. The van der Waals surface area contributed by atoms with Crippen LogP contribution >= 0.6 is 27.5 Å². The van der Waals surface area contributed by atoms with E-state index in [9.17, 15) is 4.79 Å². The molecule has 2 aromatic rings. The van der Waals surface area contributed by atoms with Crippen LogP contribution in [-0.4, -0.2) is 18.0 Å². The van der Waals surface area contributed by atoms with Gasteiger partial charge in [0.05, 0.1) is 17.7 Å². The van der Waals surface area contributed by atoms with E-state index in [4.69, 9.17) is 16.3 Å². The molecule has 0 aliphatic rings. The number of amides is 1. The number of nitrogens with one attached hydrogen (secondary N) is 1. The van der Waals surface area contributed by atoms with E-state index in [1.165, 1.54) is 13.3 Å². The lowest BCUT2D eigenvalue weighted by Gasteiger charge is -2.08. The lowest BCUT2D eigenvalue weighted by Crippen LogP contribution is -2.12. The van der Waals surface area contributed by atoms with Crippen LogP contribution in [0, 0.1) is 0 Å². The van der Waals surface area contributed by atoms with Gasteiger partial charge in [-0.1, -0.05) is 11.6 Å². The first-order valence-corrected chi connectivity index (χ1v) is 6.53. The van der Waals surface area contributed by atoms with Crippen molar-refractivity contribution >= 4 is 39.1 Å². The highest BCUT2D eigenvalue weighted by Crippen LogP contribution is 2.27. The average molecular weight is 342 g/mol. The molecule has 6 heteroatoms. The van der Waals surface area contributed by atoms with Gasteiger partial charge in [0.1, 0.15) is 10.4 Å². The molecule has 0 unspecified atom stereocenters. The molecule has 1 aromatic heterocycles. The van der Waals surface area contributed by atoms with Crippen LogP contribution in [0.3, 0.4) is 0 Å². The third-order valence-electron chi connectivity index (χ3n) is 2.40. The number of hydrogen-bond acceptors (Lipinski definition) is 3. The molecule has 1 heterocycles. The number of hydrogen-bond donors (Lipinski definition) is 1. The maximum absolute atomic E-state index is 12.0. The lowest BCUT2D eigenvalue weighted by molar-refractivity contribution is 0.102. The van der Waals surface area contributed by atoms with Gasteiger partial charge in [0, 0.05) is 18.0 Å². The summed E-state index contributed by atoms with van der Waals surface area (Å²) in [6.07, 6.45) is 1.49. The Hall–Kier alpha value is -1.59. The molecular formula is C13H10BrClN2O2. The van der Waals surface area contributed by atoms with E-state index in [-0.39, 0.29) is 5.91 Å². The molecule has 0 radical (unpaired) electrons. The molecule has 0 atom stereocenters. The normalized spacial score (nSPS) is 10.1. The predicted molar refractivity (Wildman–Crippen MR) is 77.9 cm³/mol. The molecule has 4 nitrogen and oxygen atoms in total. The van der Waals surface area contributed by atoms with Gasteiger partial charge in [0.15, 0.2) is 0 Å². The smallest absolute Gasteiger partial charge is 0.257 e. The zero-order valence-corrected chi connectivity index (χ0v) is 12.3. The molecule has 0 bridgehead atoms. The number of aromatic nitrogens is 1. The first-order chi connectivity index (χ1) is 9.10. The summed E-state index contributed by atoms with van der Waals surface area (Å²) in [6, 6.07) is 8.41. The quantitative estimate of drug-likeness (QED) is 0.865. The van der Waals surface area contributed by atoms with Crippen molar-refractivity contribution in [1.82, 2.24) is 4.98 Å². The Morgan fingerprint density at radius 1 is 1.37 bits per heavy atom. The molecule has 1 N–H and O–H groups in total. The standard InChI is InChI=1S/C13H10BrClN2O2/c1-19-11-6-9(3-4-10(11)15)17-13(18)8-2-5-12(14)16-7-8/h2-7H,1H3,(H,17,18). The van der Waals surface area contributed by atoms with Crippen LogP contribution in [0.25, 0.3) is 0 Å². The monoisotopic (exact) mass is 340 g/mol. The van der Waals surface area contributed by atoms with E-state index in [0.29, 0.717) is 26.6 Å². The Bertz CT molecular complexity index is 602. The van der Waals surface area contributed by atoms with E-state index < -0.39 is 0 Å². The van der Waals surface area contributed by atoms with Crippen molar-refractivity contribution in [3.63, 3.8) is 0 Å². The second kappa shape index (κ2) is 6.04. The number of nitrogens with zero attached hydrogens (tertiary/aromatic N) is 1. The Morgan fingerprint density at radius 3 is 2.79 bits per heavy atom. The first kappa shape index (κ1) is 13.8. The SMILES string of the molecule is COc1cc(NC(=O)c2ccc(Br)nc2)ccc1Cl. The highest BCUT2D eigenvalue weighted by atomic mass is 79.9. The van der Waals surface area contributed by atoms with Gasteiger partial charge in [-0.25, -0.2) is 4.98 Å². The number of pyridine rings is 1. The summed E-state index contributed by atoms with van der Waals surface area (Å²) in [5.74, 6) is 0.262. The molecule has 1 amide bonds. The highest BCUT2D eigenvalue weighted by Gasteiger charge is 2.08. The van der Waals surface area contributed by atoms with Gasteiger partial charge in [-0.05, 0) is 40.2 Å². The van der Waals surface area contributed by atoms with Crippen LogP contribution in [0.1, 0.15) is 10.4 Å². The van der Waals surface area contributed by atoms with Crippen LogP contribution < -0.4 is 10.1 Å². The number of benzene rings is 1. The first-order valence-electron chi connectivity index (χ1n) is 5.36. The maximum atomic E-state index is 12.0. The van der Waals surface area contributed by atoms with Crippen molar-refractivity contribution < 1.29 is 9.53 Å². The third kappa shape index (κ3) is 3.45. The van der Waals surface area contributed by atoms with E-state index in [2.05, 4.69) is 26.2 Å². The number of methoxy groups -OCH3 is 1. The molecule has 0 aliphatic carbocycles. The zero-order chi connectivity index (χ0) is 13.8. The molecule has 0 saturated heterocycles. The molecule has 0 fully saturated rings. The van der Waals surface area contributed by atoms with Crippen molar-refractivity contribution in [2.24, 2.45) is 0 Å². The van der Waals surface area contributed by atoms with E-state index in [1.54, 1.807) is 30.3 Å². The topological polar surface area (TPSA) is 51.2 Å². The summed E-state index contributed by atoms with van der Waals surface area (Å²) in [6.45, 7) is 0. The minimum absolute atomic E-state index is 0.246. The second-order valence-corrected chi connectivity index (χ2v) is 4.89. The largest absolute Gasteiger partial charge is 0.495 e. The molecule has 1 aromatic carbocycles. The van der Waals surface area contributed by atoms with Crippen LogP contribution in [-0.2, 0) is 0 Å². The lowest BCUT2D eigenvalue weighted by atomic mass is 10.2. The van der Waals surface area contributed by atoms with Gasteiger partial charge in [-0.15, -0.1) is 0 Å². The molecule has 19 heavy (non-hydrogen) atoms. The fraction of sp³-hybridized carbons (Fsp3) is 0.0769. The van der Waals surface area contributed by atoms with Gasteiger partial charge in [-0.2, -0.15) is 0 Å². The fourth-order valence-electron chi connectivity index (χ4n) is 1.45. The van der Waals surface area contributed by atoms with Crippen molar-refractivity contribution in [2.75, 3.05) is 12.4 Å². The van der Waals surface area contributed by atoms with Crippen LogP contribution in [0.5, 0.6) is 5.75 Å². The van der Waals surface area contributed by atoms with Crippen molar-refractivity contribution in [3.05, 3.63) is 51.7 Å². The molecule has 98 valence electrons. The fourth-order valence-corrected chi connectivity index (χ4v) is 1.88. The third-order valence-corrected chi connectivity index (χ3v) is 3.18. The molecule has 0 aliphatic heterocycles. The number of rotatable bonds is 3. The Kier molecular flexibility index (Phi) is 4.39. The summed E-state index contributed by atoms with van der Waals surface area (Å²) in [7, 11) is 1.52. The van der Waals surface area contributed by atoms with Crippen LogP contribution in [0.2, 0.25) is 5.02 Å². The van der Waals surface area contributed by atoms with E-state index in [1.807, 2.05) is 0 Å². The molecule has 0 spiro atoms. The van der Waals surface area contributed by atoms with Gasteiger partial charge >= 0.3 is 0 Å². The van der Waals surface area contributed by atoms with E-state index >= 15 is 0 Å². The molecule has 0 saturated carbocycles. The zero-order valence-electron chi connectivity index (χ0n) is 9.98. The minimum atomic E-state index is -0.246. The summed E-state index contributed by atoms with van der Waals surface area (Å²) in [5, 5.41) is 3.24. The number of carbonyl (C=O) groups is 1. The predicted octanol–water partition coefficient (Wildman–Crippen LogP) is 3.76. The van der Waals surface area contributed by atoms with Gasteiger partial charge in [0.25, 0.3) is 5.91 Å². The Balaban J connectivity index is 2.17. The van der Waals surface area contributed by atoms with E-state index in [0.717, 1.165) is 0 Å². The number of anilines is 1. The summed E-state index contributed by atoms with van der Waals surface area (Å²) in [5.41, 5.74) is 1.08.